The average molecular weight is 188 g/mol. The summed E-state index contributed by atoms with van der Waals surface area (Å²) < 4.78 is 0. The molecule has 0 amide bonds. The quantitative estimate of drug-likeness (QED) is 0.376. The maximum absolute atomic E-state index is 11.2. The highest BCUT2D eigenvalue weighted by Gasteiger charge is 2.15. The molecule has 0 aromatic rings. The van der Waals surface area contributed by atoms with E-state index in [1.54, 1.807) is 30.4 Å². The second kappa shape index (κ2) is 4.87. The molecule has 1 aliphatic carbocycles. The van der Waals surface area contributed by atoms with Crippen LogP contribution in [-0.2, 0) is 14.4 Å². The van der Waals surface area contributed by atoms with Crippen molar-refractivity contribution in [2.24, 2.45) is 0 Å². The van der Waals surface area contributed by atoms with Crippen LogP contribution in [0.2, 0.25) is 0 Å². The van der Waals surface area contributed by atoms with E-state index < -0.39 is 11.6 Å². The van der Waals surface area contributed by atoms with Crippen molar-refractivity contribution < 1.29 is 14.4 Å². The standard InChI is InChI=1S/C11H8O3/c12-8-10(13)11(14)9-6-4-2-1-3-5-7-9/h1-8H. The number of carbonyl (C=O) groups excluding carboxylic acids is 3. The first-order valence-corrected chi connectivity index (χ1v) is 4.01. The van der Waals surface area contributed by atoms with E-state index in [-0.39, 0.29) is 11.9 Å². The Hall–Kier alpha value is -2.03. The zero-order chi connectivity index (χ0) is 10.4. The number of ketones is 2. The van der Waals surface area contributed by atoms with Crippen molar-refractivity contribution in [3.8, 4) is 0 Å². The molecule has 0 aromatic carbocycles. The third kappa shape index (κ3) is 2.48. The molecule has 0 bridgehead atoms. The van der Waals surface area contributed by atoms with E-state index in [1.807, 2.05) is 0 Å². The number of allylic oxidation sites excluding steroid dienone is 8. The zero-order valence-electron chi connectivity index (χ0n) is 7.34. The highest BCUT2D eigenvalue weighted by atomic mass is 16.2. The van der Waals surface area contributed by atoms with Crippen molar-refractivity contribution >= 4 is 17.9 Å². The van der Waals surface area contributed by atoms with E-state index in [1.165, 1.54) is 12.2 Å². The van der Waals surface area contributed by atoms with E-state index in [0.717, 1.165) is 0 Å². The molecule has 1 rings (SSSR count). The summed E-state index contributed by atoms with van der Waals surface area (Å²) in [5, 5.41) is 0. The molecule has 70 valence electrons. The van der Waals surface area contributed by atoms with Gasteiger partial charge in [-0.3, -0.25) is 14.4 Å². The molecule has 3 heteroatoms. The van der Waals surface area contributed by atoms with Crippen LogP contribution in [0, 0.1) is 0 Å². The lowest BCUT2D eigenvalue weighted by atomic mass is 10.1. The summed E-state index contributed by atoms with van der Waals surface area (Å²) in [5.74, 6) is -1.81. The number of aldehydes is 1. The molecule has 14 heavy (non-hydrogen) atoms. The fourth-order valence-corrected chi connectivity index (χ4v) is 0.914. The Balaban J connectivity index is 2.92. The van der Waals surface area contributed by atoms with Crippen molar-refractivity contribution in [3.63, 3.8) is 0 Å². The van der Waals surface area contributed by atoms with Crippen LogP contribution in [0.4, 0.5) is 0 Å². The van der Waals surface area contributed by atoms with Crippen LogP contribution in [0.3, 0.4) is 0 Å². The van der Waals surface area contributed by atoms with Gasteiger partial charge in [-0.25, -0.2) is 0 Å². The van der Waals surface area contributed by atoms with Crippen LogP contribution < -0.4 is 0 Å². The Kier molecular flexibility index (Phi) is 3.49. The first kappa shape index (κ1) is 10.1. The normalized spacial score (nSPS) is 14.1. The third-order valence-electron chi connectivity index (χ3n) is 1.59. The van der Waals surface area contributed by atoms with Gasteiger partial charge in [-0.15, -0.1) is 0 Å². The summed E-state index contributed by atoms with van der Waals surface area (Å²) >= 11 is 0. The van der Waals surface area contributed by atoms with E-state index in [2.05, 4.69) is 0 Å². The van der Waals surface area contributed by atoms with Crippen LogP contribution in [-0.4, -0.2) is 17.9 Å². The molecule has 1 aliphatic rings. The number of carbonyl (C=O) groups is 3. The Labute approximate surface area is 81.1 Å². The van der Waals surface area contributed by atoms with E-state index in [4.69, 9.17) is 0 Å². The molecule has 0 saturated carbocycles. The number of Topliss-reactive ketones (excluding diaryl/α,β-unsaturated/α-hetero) is 2. The molecule has 0 aliphatic heterocycles. The van der Waals surface area contributed by atoms with Gasteiger partial charge in [-0.1, -0.05) is 42.5 Å². The van der Waals surface area contributed by atoms with Gasteiger partial charge in [0, 0.05) is 5.57 Å². The number of hydrogen-bond acceptors (Lipinski definition) is 3. The fourth-order valence-electron chi connectivity index (χ4n) is 0.914. The maximum atomic E-state index is 11.2. The first-order valence-electron chi connectivity index (χ1n) is 4.01. The van der Waals surface area contributed by atoms with Crippen LogP contribution in [0.25, 0.3) is 0 Å². The van der Waals surface area contributed by atoms with Gasteiger partial charge in [0.05, 0.1) is 0 Å². The molecule has 0 spiro atoms. The fraction of sp³-hybridized carbons (Fsp3) is 0. The van der Waals surface area contributed by atoms with Gasteiger partial charge in [0.25, 0.3) is 5.78 Å². The zero-order valence-corrected chi connectivity index (χ0v) is 7.34. The number of rotatable bonds is 3. The predicted octanol–water partition coefficient (Wildman–Crippen LogP) is 0.932. The van der Waals surface area contributed by atoms with Crippen molar-refractivity contribution in [2.75, 3.05) is 0 Å². The predicted molar refractivity (Wildman–Crippen MR) is 51.6 cm³/mol. The molecule has 0 saturated heterocycles. The van der Waals surface area contributed by atoms with Crippen molar-refractivity contribution in [3.05, 3.63) is 48.1 Å². The summed E-state index contributed by atoms with van der Waals surface area (Å²) in [6.07, 6.45) is 11.5. The van der Waals surface area contributed by atoms with Crippen LogP contribution in [0.5, 0.6) is 0 Å². The minimum atomic E-state index is -1.03. The van der Waals surface area contributed by atoms with Crippen molar-refractivity contribution in [1.82, 2.24) is 0 Å². The van der Waals surface area contributed by atoms with Gasteiger partial charge < -0.3 is 0 Å². The molecule has 0 unspecified atom stereocenters. The summed E-state index contributed by atoms with van der Waals surface area (Å²) in [6.45, 7) is 0. The lowest BCUT2D eigenvalue weighted by Crippen LogP contribution is -2.16. The third-order valence-corrected chi connectivity index (χ3v) is 1.59. The molecule has 0 fully saturated rings. The van der Waals surface area contributed by atoms with Crippen molar-refractivity contribution in [1.29, 1.82) is 0 Å². The monoisotopic (exact) mass is 188 g/mol. The summed E-state index contributed by atoms with van der Waals surface area (Å²) in [5.41, 5.74) is 0.211. The summed E-state index contributed by atoms with van der Waals surface area (Å²) in [6, 6.07) is 0. The molecule has 3 nitrogen and oxygen atoms in total. The number of hydrogen-bond donors (Lipinski definition) is 0. The maximum Gasteiger partial charge on any atom is 0.265 e. The minimum Gasteiger partial charge on any atom is -0.294 e. The second-order valence-corrected chi connectivity index (χ2v) is 2.56. The van der Waals surface area contributed by atoms with Gasteiger partial charge in [0.2, 0.25) is 5.78 Å². The van der Waals surface area contributed by atoms with Gasteiger partial charge in [0.1, 0.15) is 0 Å². The molecule has 0 heterocycles. The van der Waals surface area contributed by atoms with Gasteiger partial charge in [-0.2, -0.15) is 0 Å². The lowest BCUT2D eigenvalue weighted by molar-refractivity contribution is -0.138. The topological polar surface area (TPSA) is 51.2 Å². The van der Waals surface area contributed by atoms with E-state index in [0.29, 0.717) is 0 Å². The van der Waals surface area contributed by atoms with Gasteiger partial charge in [-0.05, 0) is 0 Å². The SMILES string of the molecule is O=CC(=O)C(=O)C1=CC=CC=CC=C1. The van der Waals surface area contributed by atoms with Crippen LogP contribution in [0.15, 0.2) is 48.1 Å². The minimum absolute atomic E-state index is 0.0231. The van der Waals surface area contributed by atoms with Gasteiger partial charge in [0.15, 0.2) is 6.29 Å². The molecular weight excluding hydrogens is 180 g/mol. The Morgan fingerprint density at radius 3 is 2.36 bits per heavy atom. The van der Waals surface area contributed by atoms with E-state index >= 15 is 0 Å². The van der Waals surface area contributed by atoms with E-state index in [9.17, 15) is 14.4 Å². The average Bonchev–Trinajstić information content (AvgIpc) is 2.15. The molecule has 0 atom stereocenters. The Morgan fingerprint density at radius 1 is 1.00 bits per heavy atom. The van der Waals surface area contributed by atoms with Crippen LogP contribution in [0.1, 0.15) is 0 Å². The lowest BCUT2D eigenvalue weighted by Gasteiger charge is -1.95. The Morgan fingerprint density at radius 2 is 1.64 bits per heavy atom. The summed E-state index contributed by atoms with van der Waals surface area (Å²) in [7, 11) is 0. The first-order chi connectivity index (χ1) is 6.75. The van der Waals surface area contributed by atoms with Gasteiger partial charge >= 0.3 is 0 Å². The smallest absolute Gasteiger partial charge is 0.265 e. The highest BCUT2D eigenvalue weighted by Crippen LogP contribution is 2.03. The molecular formula is C11H8O3. The molecule has 0 aromatic heterocycles. The Bertz CT molecular complexity index is 381. The largest absolute Gasteiger partial charge is 0.294 e. The molecule has 0 N–H and O–H groups in total. The highest BCUT2D eigenvalue weighted by molar-refractivity contribution is 6.61. The second-order valence-electron chi connectivity index (χ2n) is 2.56. The van der Waals surface area contributed by atoms with Crippen LogP contribution >= 0.6 is 0 Å². The van der Waals surface area contributed by atoms with Crippen molar-refractivity contribution in [2.45, 2.75) is 0 Å². The summed E-state index contributed by atoms with van der Waals surface area (Å²) in [4.78, 5) is 32.1. The molecule has 0 radical (unpaired) electrons.